The van der Waals surface area contributed by atoms with Gasteiger partial charge in [-0.15, -0.1) is 0 Å². The molecule has 1 aliphatic carbocycles. The number of hydrogen-bond donors (Lipinski definition) is 0. The molecule has 0 amide bonds. The molecule has 7 atom stereocenters. The van der Waals surface area contributed by atoms with E-state index in [2.05, 4.69) is 69.2 Å². The van der Waals surface area contributed by atoms with Gasteiger partial charge in [0.05, 0.1) is 0 Å². The molecule has 0 spiro atoms. The van der Waals surface area contributed by atoms with Crippen molar-refractivity contribution < 1.29 is 0 Å². The van der Waals surface area contributed by atoms with Crippen LogP contribution >= 0.6 is 0 Å². The van der Waals surface area contributed by atoms with Gasteiger partial charge in [-0.3, -0.25) is 0 Å². The average Bonchev–Trinajstić information content (AvgIpc) is 2.69. The summed E-state index contributed by atoms with van der Waals surface area (Å²) in [4.78, 5) is 0. The van der Waals surface area contributed by atoms with Gasteiger partial charge in [0.1, 0.15) is 0 Å². The first-order chi connectivity index (χ1) is 12.0. The Morgan fingerprint density at radius 1 is 0.923 bits per heavy atom. The lowest BCUT2D eigenvalue weighted by Gasteiger charge is -2.48. The maximum Gasteiger partial charge on any atom is -0.0272 e. The smallest absolute Gasteiger partial charge is 0.0272 e. The van der Waals surface area contributed by atoms with Crippen LogP contribution in [0.4, 0.5) is 0 Å². The molecule has 0 aromatic carbocycles. The van der Waals surface area contributed by atoms with Crippen LogP contribution in [0, 0.1) is 46.3 Å². The molecular weight excluding hydrogens is 312 g/mol. The molecule has 0 N–H and O–H groups in total. The minimum absolute atomic E-state index is 0.503. The third-order valence-corrected chi connectivity index (χ3v) is 9.13. The predicted octanol–water partition coefficient (Wildman–Crippen LogP) is 8.99. The van der Waals surface area contributed by atoms with E-state index < -0.39 is 0 Å². The first-order valence-electron chi connectivity index (χ1n) is 12.0. The molecule has 1 rings (SSSR count). The molecule has 0 radical (unpaired) electrons. The third kappa shape index (κ3) is 5.29. The SMILES string of the molecule is CCCC(C(C)CC(C)C)C(C)C1CC(C)(CC)C(C)(CC)CCC1C. The molecule has 0 aromatic heterocycles. The summed E-state index contributed by atoms with van der Waals surface area (Å²) in [6.07, 6.45) is 11.2. The van der Waals surface area contributed by atoms with Crippen LogP contribution in [0.15, 0.2) is 0 Å². The van der Waals surface area contributed by atoms with Gasteiger partial charge in [-0.25, -0.2) is 0 Å². The van der Waals surface area contributed by atoms with Gasteiger partial charge in [0.25, 0.3) is 0 Å². The van der Waals surface area contributed by atoms with Crippen molar-refractivity contribution in [2.75, 3.05) is 0 Å². The van der Waals surface area contributed by atoms with Crippen molar-refractivity contribution in [3.05, 3.63) is 0 Å². The van der Waals surface area contributed by atoms with E-state index in [1.165, 1.54) is 51.4 Å². The molecule has 7 unspecified atom stereocenters. The minimum atomic E-state index is 0.503. The highest BCUT2D eigenvalue weighted by Gasteiger charge is 2.48. The molecule has 26 heavy (non-hydrogen) atoms. The molecule has 0 nitrogen and oxygen atoms in total. The van der Waals surface area contributed by atoms with Crippen LogP contribution in [0.1, 0.15) is 121 Å². The van der Waals surface area contributed by atoms with Gasteiger partial charge < -0.3 is 0 Å². The Kier molecular flexibility index (Phi) is 9.22. The molecule has 0 saturated heterocycles. The van der Waals surface area contributed by atoms with E-state index in [4.69, 9.17) is 0 Å². The van der Waals surface area contributed by atoms with Gasteiger partial charge in [0.2, 0.25) is 0 Å². The monoisotopic (exact) mass is 364 g/mol. The van der Waals surface area contributed by atoms with E-state index in [9.17, 15) is 0 Å². The average molecular weight is 365 g/mol. The first kappa shape index (κ1) is 24.0. The van der Waals surface area contributed by atoms with Crippen LogP contribution in [0.25, 0.3) is 0 Å². The van der Waals surface area contributed by atoms with Crippen molar-refractivity contribution in [3.63, 3.8) is 0 Å². The van der Waals surface area contributed by atoms with Crippen LogP contribution in [0.3, 0.4) is 0 Å². The summed E-state index contributed by atoms with van der Waals surface area (Å²) >= 11 is 0. The van der Waals surface area contributed by atoms with Gasteiger partial charge in [0.15, 0.2) is 0 Å². The summed E-state index contributed by atoms with van der Waals surface area (Å²) in [5.41, 5.74) is 1.03. The molecule has 0 heteroatoms. The molecule has 1 aliphatic rings. The number of rotatable bonds is 9. The van der Waals surface area contributed by atoms with Crippen molar-refractivity contribution in [1.82, 2.24) is 0 Å². The first-order valence-corrected chi connectivity index (χ1v) is 12.0. The summed E-state index contributed by atoms with van der Waals surface area (Å²) in [7, 11) is 0. The van der Waals surface area contributed by atoms with Gasteiger partial charge in [-0.2, -0.15) is 0 Å². The van der Waals surface area contributed by atoms with E-state index >= 15 is 0 Å². The van der Waals surface area contributed by atoms with E-state index in [0.717, 1.165) is 35.5 Å². The lowest BCUT2D eigenvalue weighted by Crippen LogP contribution is -2.39. The van der Waals surface area contributed by atoms with Crippen molar-refractivity contribution in [3.8, 4) is 0 Å². The van der Waals surface area contributed by atoms with Gasteiger partial charge in [0, 0.05) is 0 Å². The second kappa shape index (κ2) is 9.97. The third-order valence-electron chi connectivity index (χ3n) is 9.13. The fourth-order valence-corrected chi connectivity index (χ4v) is 6.54. The lowest BCUT2D eigenvalue weighted by molar-refractivity contribution is 0.0207. The molecule has 0 heterocycles. The molecule has 1 saturated carbocycles. The van der Waals surface area contributed by atoms with Crippen molar-refractivity contribution >= 4 is 0 Å². The maximum absolute atomic E-state index is 2.63. The Morgan fingerprint density at radius 2 is 1.50 bits per heavy atom. The zero-order valence-corrected chi connectivity index (χ0v) is 20.1. The summed E-state index contributed by atoms with van der Waals surface area (Å²) in [6.45, 7) is 25.1. The van der Waals surface area contributed by atoms with Crippen molar-refractivity contribution in [2.24, 2.45) is 46.3 Å². The quantitative estimate of drug-likeness (QED) is 0.358. The second-order valence-electron chi connectivity index (χ2n) is 11.1. The Labute approximate surface area is 167 Å². The highest BCUT2D eigenvalue weighted by molar-refractivity contribution is 4.97. The summed E-state index contributed by atoms with van der Waals surface area (Å²) < 4.78 is 0. The Morgan fingerprint density at radius 3 is 1.96 bits per heavy atom. The van der Waals surface area contributed by atoms with E-state index in [-0.39, 0.29) is 0 Å². The summed E-state index contributed by atoms with van der Waals surface area (Å²) in [5, 5.41) is 0. The Hall–Kier alpha value is 0. The molecule has 0 aromatic rings. The van der Waals surface area contributed by atoms with Crippen LogP contribution in [-0.4, -0.2) is 0 Å². The van der Waals surface area contributed by atoms with Crippen LogP contribution < -0.4 is 0 Å². The predicted molar refractivity (Wildman–Crippen MR) is 119 cm³/mol. The van der Waals surface area contributed by atoms with Crippen LogP contribution in [-0.2, 0) is 0 Å². The molecule has 0 bridgehead atoms. The van der Waals surface area contributed by atoms with Crippen molar-refractivity contribution in [2.45, 2.75) is 121 Å². The van der Waals surface area contributed by atoms with E-state index in [1.54, 1.807) is 0 Å². The minimum Gasteiger partial charge on any atom is -0.0654 e. The topological polar surface area (TPSA) is 0 Å². The number of hydrogen-bond acceptors (Lipinski definition) is 0. The normalized spacial score (nSPS) is 36.6. The van der Waals surface area contributed by atoms with Crippen molar-refractivity contribution in [1.29, 1.82) is 0 Å². The zero-order chi connectivity index (χ0) is 20.1. The highest BCUT2D eigenvalue weighted by atomic mass is 14.5. The maximum atomic E-state index is 2.63. The zero-order valence-electron chi connectivity index (χ0n) is 20.1. The fourth-order valence-electron chi connectivity index (χ4n) is 6.54. The summed E-state index contributed by atoms with van der Waals surface area (Å²) in [5.74, 6) is 5.25. The van der Waals surface area contributed by atoms with E-state index in [1.807, 2.05) is 0 Å². The standard InChI is InChI=1S/C26H52/c1-11-14-23(21(7)17-19(4)5)22(8)24-18-26(10,13-3)25(9,12-2)16-15-20(24)6/h19-24H,11-18H2,1-10H3. The largest absolute Gasteiger partial charge is 0.0654 e. The van der Waals surface area contributed by atoms with Gasteiger partial charge in [-0.05, 0) is 72.0 Å². The van der Waals surface area contributed by atoms with Gasteiger partial charge in [-0.1, -0.05) is 94.9 Å². The lowest BCUT2D eigenvalue weighted by atomic mass is 9.57. The van der Waals surface area contributed by atoms with Gasteiger partial charge >= 0.3 is 0 Å². The van der Waals surface area contributed by atoms with Crippen LogP contribution in [0.5, 0.6) is 0 Å². The van der Waals surface area contributed by atoms with E-state index in [0.29, 0.717) is 10.8 Å². The molecule has 1 fully saturated rings. The van der Waals surface area contributed by atoms with Crippen LogP contribution in [0.2, 0.25) is 0 Å². The second-order valence-corrected chi connectivity index (χ2v) is 11.1. The fraction of sp³-hybridized carbons (Fsp3) is 1.00. The Balaban J connectivity index is 3.11. The Bertz CT molecular complexity index is 397. The molecular formula is C26H52. The molecule has 0 aliphatic heterocycles. The molecule has 156 valence electrons. The summed E-state index contributed by atoms with van der Waals surface area (Å²) in [6, 6.07) is 0. The highest BCUT2D eigenvalue weighted by Crippen LogP contribution is 2.57.